The highest BCUT2D eigenvalue weighted by Gasteiger charge is 2.34. The van der Waals surface area contributed by atoms with Crippen LogP contribution in [-0.2, 0) is 14.3 Å². The molecule has 2 rings (SSSR count). The van der Waals surface area contributed by atoms with Crippen LogP contribution in [0.1, 0.15) is 25.7 Å². The van der Waals surface area contributed by atoms with Gasteiger partial charge in [-0.25, -0.2) is 0 Å². The third-order valence-electron chi connectivity index (χ3n) is 4.78. The van der Waals surface area contributed by atoms with Crippen LogP contribution >= 0.6 is 12.4 Å². The van der Waals surface area contributed by atoms with E-state index in [9.17, 15) is 9.59 Å². The second kappa shape index (κ2) is 8.70. The van der Waals surface area contributed by atoms with Gasteiger partial charge in [-0.15, -0.1) is 12.4 Å². The molecule has 128 valence electrons. The number of hydrogen-bond donors (Lipinski definition) is 2. The Hall–Kier alpha value is -0.850. The predicted molar refractivity (Wildman–Crippen MR) is 87.0 cm³/mol. The zero-order valence-corrected chi connectivity index (χ0v) is 14.3. The molecule has 6 nitrogen and oxygen atoms in total. The Kier molecular flexibility index (Phi) is 7.59. The number of piperidine rings is 2. The standard InChI is InChI=1S/C15H27N3O3.ClH/c1-18-8-3-12(9-13(18)19)14(20)17-10-15(11-21-2)4-6-16-7-5-15;/h12,16H,3-11H2,1-2H3,(H,17,20);1H. The Morgan fingerprint density at radius 2 is 2.14 bits per heavy atom. The molecule has 2 heterocycles. The van der Waals surface area contributed by atoms with Crippen molar-refractivity contribution in [3.63, 3.8) is 0 Å². The Bertz CT molecular complexity index is 381. The van der Waals surface area contributed by atoms with Gasteiger partial charge in [0.1, 0.15) is 0 Å². The monoisotopic (exact) mass is 333 g/mol. The molecule has 2 N–H and O–H groups in total. The Labute approximate surface area is 138 Å². The highest BCUT2D eigenvalue weighted by atomic mass is 35.5. The minimum Gasteiger partial charge on any atom is -0.384 e. The highest BCUT2D eigenvalue weighted by molar-refractivity contribution is 5.86. The molecule has 7 heteroatoms. The molecule has 0 aliphatic carbocycles. The number of amides is 2. The smallest absolute Gasteiger partial charge is 0.223 e. The Morgan fingerprint density at radius 1 is 1.45 bits per heavy atom. The number of nitrogens with one attached hydrogen (secondary N) is 2. The van der Waals surface area contributed by atoms with Crippen molar-refractivity contribution in [2.24, 2.45) is 11.3 Å². The number of likely N-dealkylation sites (tertiary alicyclic amines) is 1. The van der Waals surface area contributed by atoms with Crippen molar-refractivity contribution in [3.05, 3.63) is 0 Å². The maximum Gasteiger partial charge on any atom is 0.223 e. The van der Waals surface area contributed by atoms with Crippen molar-refractivity contribution in [3.8, 4) is 0 Å². The largest absolute Gasteiger partial charge is 0.384 e. The number of carbonyl (C=O) groups is 2. The molecule has 0 saturated carbocycles. The quantitative estimate of drug-likeness (QED) is 0.764. The summed E-state index contributed by atoms with van der Waals surface area (Å²) in [6.07, 6.45) is 3.11. The van der Waals surface area contributed by atoms with E-state index >= 15 is 0 Å². The van der Waals surface area contributed by atoms with Crippen LogP contribution in [0.25, 0.3) is 0 Å². The van der Waals surface area contributed by atoms with E-state index in [1.165, 1.54) is 0 Å². The first-order valence-electron chi connectivity index (χ1n) is 7.78. The number of hydrogen-bond acceptors (Lipinski definition) is 4. The fourth-order valence-electron chi connectivity index (χ4n) is 3.22. The molecule has 0 aromatic heterocycles. The van der Waals surface area contributed by atoms with E-state index in [1.807, 2.05) is 0 Å². The summed E-state index contributed by atoms with van der Waals surface area (Å²) in [5, 5.41) is 6.41. The summed E-state index contributed by atoms with van der Waals surface area (Å²) in [7, 11) is 3.50. The number of halogens is 1. The van der Waals surface area contributed by atoms with Crippen molar-refractivity contribution < 1.29 is 14.3 Å². The molecular weight excluding hydrogens is 306 g/mol. The molecule has 0 radical (unpaired) electrons. The number of carbonyl (C=O) groups excluding carboxylic acids is 2. The number of nitrogens with zero attached hydrogens (tertiary/aromatic N) is 1. The fourth-order valence-corrected chi connectivity index (χ4v) is 3.22. The van der Waals surface area contributed by atoms with Crippen molar-refractivity contribution in [2.75, 3.05) is 46.9 Å². The molecule has 2 fully saturated rings. The number of ether oxygens (including phenoxy) is 1. The van der Waals surface area contributed by atoms with Crippen molar-refractivity contribution in [2.45, 2.75) is 25.7 Å². The summed E-state index contributed by atoms with van der Waals surface area (Å²) in [4.78, 5) is 25.7. The van der Waals surface area contributed by atoms with Gasteiger partial charge in [0.2, 0.25) is 11.8 Å². The maximum atomic E-state index is 12.3. The van der Waals surface area contributed by atoms with E-state index in [1.54, 1.807) is 19.1 Å². The molecule has 0 aromatic rings. The van der Waals surface area contributed by atoms with Gasteiger partial charge in [0.05, 0.1) is 6.61 Å². The summed E-state index contributed by atoms with van der Waals surface area (Å²) >= 11 is 0. The van der Waals surface area contributed by atoms with Gasteiger partial charge in [-0.2, -0.15) is 0 Å². The zero-order valence-electron chi connectivity index (χ0n) is 13.5. The minimum atomic E-state index is -0.171. The van der Waals surface area contributed by atoms with Crippen LogP contribution in [0.15, 0.2) is 0 Å². The van der Waals surface area contributed by atoms with E-state index in [0.717, 1.165) is 32.4 Å². The molecule has 2 saturated heterocycles. The zero-order chi connectivity index (χ0) is 15.3. The van der Waals surface area contributed by atoms with Gasteiger partial charge in [-0.1, -0.05) is 0 Å². The lowest BCUT2D eigenvalue weighted by Crippen LogP contribution is -2.49. The van der Waals surface area contributed by atoms with Crippen LogP contribution in [0.2, 0.25) is 0 Å². The molecule has 2 aliphatic heterocycles. The van der Waals surface area contributed by atoms with E-state index in [2.05, 4.69) is 10.6 Å². The lowest BCUT2D eigenvalue weighted by molar-refractivity contribution is -0.139. The van der Waals surface area contributed by atoms with Crippen LogP contribution in [0, 0.1) is 11.3 Å². The first kappa shape index (κ1) is 19.2. The van der Waals surface area contributed by atoms with Crippen molar-refractivity contribution >= 4 is 24.2 Å². The van der Waals surface area contributed by atoms with Gasteiger partial charge >= 0.3 is 0 Å². The average molecular weight is 334 g/mol. The van der Waals surface area contributed by atoms with E-state index in [4.69, 9.17) is 4.74 Å². The van der Waals surface area contributed by atoms with Gasteiger partial charge < -0.3 is 20.3 Å². The Morgan fingerprint density at radius 3 is 2.73 bits per heavy atom. The molecule has 0 aromatic carbocycles. The van der Waals surface area contributed by atoms with Crippen molar-refractivity contribution in [1.29, 1.82) is 0 Å². The van der Waals surface area contributed by atoms with Crippen LogP contribution in [0.5, 0.6) is 0 Å². The van der Waals surface area contributed by atoms with Crippen LogP contribution < -0.4 is 10.6 Å². The fraction of sp³-hybridized carbons (Fsp3) is 0.867. The van der Waals surface area contributed by atoms with Gasteiger partial charge in [-0.3, -0.25) is 9.59 Å². The van der Waals surface area contributed by atoms with E-state index in [-0.39, 0.29) is 35.6 Å². The number of rotatable bonds is 5. The van der Waals surface area contributed by atoms with E-state index in [0.29, 0.717) is 26.1 Å². The summed E-state index contributed by atoms with van der Waals surface area (Å²) in [5.41, 5.74) is 0.0329. The third kappa shape index (κ3) is 4.83. The summed E-state index contributed by atoms with van der Waals surface area (Å²) in [5.74, 6) is -0.0876. The molecule has 22 heavy (non-hydrogen) atoms. The molecule has 2 amide bonds. The highest BCUT2D eigenvalue weighted by Crippen LogP contribution is 2.28. The molecule has 1 unspecified atom stereocenters. The normalized spacial score (nSPS) is 24.5. The second-order valence-corrected chi connectivity index (χ2v) is 6.41. The SMILES string of the molecule is COCC1(CNC(=O)C2CCN(C)C(=O)C2)CCNCC1.Cl. The Balaban J connectivity index is 0.00000242. The lowest BCUT2D eigenvalue weighted by atomic mass is 9.79. The summed E-state index contributed by atoms with van der Waals surface area (Å²) in [6.45, 7) is 3.91. The van der Waals surface area contributed by atoms with Crippen LogP contribution in [-0.4, -0.2) is 63.7 Å². The van der Waals surface area contributed by atoms with Gasteiger partial charge in [-0.05, 0) is 32.4 Å². The average Bonchev–Trinajstić information content (AvgIpc) is 2.49. The minimum absolute atomic E-state index is 0. The second-order valence-electron chi connectivity index (χ2n) is 6.41. The summed E-state index contributed by atoms with van der Waals surface area (Å²) in [6, 6.07) is 0. The summed E-state index contributed by atoms with van der Waals surface area (Å²) < 4.78 is 5.35. The van der Waals surface area contributed by atoms with Crippen molar-refractivity contribution in [1.82, 2.24) is 15.5 Å². The predicted octanol–water partition coefficient (Wildman–Crippen LogP) is 0.409. The molecular formula is C15H28ClN3O3. The van der Waals surface area contributed by atoms with Gasteiger partial charge in [0.25, 0.3) is 0 Å². The topological polar surface area (TPSA) is 70.7 Å². The van der Waals surface area contributed by atoms with E-state index < -0.39 is 0 Å². The molecule has 1 atom stereocenters. The first-order valence-corrected chi connectivity index (χ1v) is 7.78. The first-order chi connectivity index (χ1) is 10.1. The molecule has 0 bridgehead atoms. The number of methoxy groups -OCH3 is 1. The molecule has 0 spiro atoms. The maximum absolute atomic E-state index is 12.3. The molecule has 2 aliphatic rings. The lowest BCUT2D eigenvalue weighted by Gasteiger charge is -2.37. The van der Waals surface area contributed by atoms with Gasteiger partial charge in [0.15, 0.2) is 0 Å². The third-order valence-corrected chi connectivity index (χ3v) is 4.78. The van der Waals surface area contributed by atoms with Crippen LogP contribution in [0.3, 0.4) is 0 Å². The van der Waals surface area contributed by atoms with Gasteiger partial charge in [0, 0.05) is 45.0 Å². The van der Waals surface area contributed by atoms with Crippen LogP contribution in [0.4, 0.5) is 0 Å².